The van der Waals surface area contributed by atoms with Gasteiger partial charge in [0, 0.05) is 23.0 Å². The van der Waals surface area contributed by atoms with Crippen LogP contribution in [0, 0.1) is 0 Å². The molecule has 5 nitrogen and oxygen atoms in total. The standard InChI is InChI=1S/C19H24N2O3S2/c1-4-17-16-9-11-25-18(16)8-10-21(17)19(22)14-6-5-7-15(12-14)26(23,24)20-13(2)3/h5-7,9,11-13,17,20H,4,8,10H2,1-3H3. The minimum absolute atomic E-state index is 0.0477. The van der Waals surface area contributed by atoms with Crippen LogP contribution >= 0.6 is 11.3 Å². The Bertz CT molecular complexity index is 903. The molecule has 1 amide bonds. The van der Waals surface area contributed by atoms with Crippen molar-refractivity contribution in [2.45, 2.75) is 50.6 Å². The van der Waals surface area contributed by atoms with Gasteiger partial charge in [0.15, 0.2) is 0 Å². The summed E-state index contributed by atoms with van der Waals surface area (Å²) >= 11 is 1.74. The summed E-state index contributed by atoms with van der Waals surface area (Å²) in [5, 5.41) is 2.08. The molecule has 1 atom stereocenters. The number of carbonyl (C=O) groups excluding carboxylic acids is 1. The molecule has 1 unspecified atom stereocenters. The van der Waals surface area contributed by atoms with Gasteiger partial charge in [-0.25, -0.2) is 13.1 Å². The summed E-state index contributed by atoms with van der Waals surface area (Å²) < 4.78 is 27.4. The van der Waals surface area contributed by atoms with Crippen molar-refractivity contribution in [1.29, 1.82) is 0 Å². The Kier molecular flexibility index (Phi) is 5.50. The van der Waals surface area contributed by atoms with E-state index in [-0.39, 0.29) is 22.9 Å². The monoisotopic (exact) mass is 392 g/mol. The summed E-state index contributed by atoms with van der Waals surface area (Å²) in [5.74, 6) is -0.115. The van der Waals surface area contributed by atoms with Crippen LogP contribution < -0.4 is 4.72 Å². The van der Waals surface area contributed by atoms with Gasteiger partial charge in [-0.2, -0.15) is 0 Å². The van der Waals surface area contributed by atoms with Crippen molar-refractivity contribution in [2.75, 3.05) is 6.54 Å². The maximum Gasteiger partial charge on any atom is 0.254 e. The molecule has 140 valence electrons. The Labute approximate surface area is 159 Å². The van der Waals surface area contributed by atoms with Gasteiger partial charge in [0.25, 0.3) is 5.91 Å². The Morgan fingerprint density at radius 3 is 2.81 bits per heavy atom. The van der Waals surface area contributed by atoms with Crippen molar-refractivity contribution in [3.63, 3.8) is 0 Å². The highest BCUT2D eigenvalue weighted by atomic mass is 32.2. The molecule has 26 heavy (non-hydrogen) atoms. The molecule has 1 aliphatic rings. The van der Waals surface area contributed by atoms with E-state index >= 15 is 0 Å². The molecule has 0 spiro atoms. The number of fused-ring (bicyclic) bond motifs is 1. The number of hydrogen-bond acceptors (Lipinski definition) is 4. The predicted octanol–water partition coefficient (Wildman–Crippen LogP) is 3.58. The highest BCUT2D eigenvalue weighted by Crippen LogP contribution is 2.36. The molecular formula is C19H24N2O3S2. The van der Waals surface area contributed by atoms with Crippen molar-refractivity contribution in [1.82, 2.24) is 9.62 Å². The summed E-state index contributed by atoms with van der Waals surface area (Å²) in [6.07, 6.45) is 1.69. The summed E-state index contributed by atoms with van der Waals surface area (Å²) in [5.41, 5.74) is 1.64. The van der Waals surface area contributed by atoms with Crippen LogP contribution in [0.15, 0.2) is 40.6 Å². The largest absolute Gasteiger partial charge is 0.331 e. The van der Waals surface area contributed by atoms with E-state index in [4.69, 9.17) is 0 Å². The van der Waals surface area contributed by atoms with Crippen LogP contribution in [0.25, 0.3) is 0 Å². The maximum absolute atomic E-state index is 13.1. The highest BCUT2D eigenvalue weighted by Gasteiger charge is 2.31. The second-order valence-corrected chi connectivity index (χ2v) is 9.49. The smallest absolute Gasteiger partial charge is 0.254 e. The molecule has 0 radical (unpaired) electrons. The second-order valence-electron chi connectivity index (χ2n) is 6.78. The third kappa shape index (κ3) is 3.70. The van der Waals surface area contributed by atoms with E-state index in [1.54, 1.807) is 37.3 Å². The summed E-state index contributed by atoms with van der Waals surface area (Å²) in [6.45, 7) is 6.27. The molecule has 0 fully saturated rings. The van der Waals surface area contributed by atoms with Gasteiger partial charge in [0.2, 0.25) is 10.0 Å². The molecule has 2 aromatic rings. The van der Waals surface area contributed by atoms with Crippen molar-refractivity contribution >= 4 is 27.3 Å². The zero-order valence-electron chi connectivity index (χ0n) is 15.2. The summed E-state index contributed by atoms with van der Waals surface area (Å²) in [6, 6.07) is 8.25. The number of thiophene rings is 1. The molecule has 0 saturated heterocycles. The van der Waals surface area contributed by atoms with E-state index in [1.165, 1.54) is 22.6 Å². The Morgan fingerprint density at radius 1 is 1.35 bits per heavy atom. The first-order valence-corrected chi connectivity index (χ1v) is 11.2. The minimum Gasteiger partial charge on any atom is -0.331 e. The summed E-state index contributed by atoms with van der Waals surface area (Å²) in [7, 11) is -3.62. The van der Waals surface area contributed by atoms with E-state index in [0.29, 0.717) is 12.1 Å². The topological polar surface area (TPSA) is 66.5 Å². The average molecular weight is 393 g/mol. The SMILES string of the molecule is CCC1c2ccsc2CCN1C(=O)c1cccc(S(=O)(=O)NC(C)C)c1. The van der Waals surface area contributed by atoms with Gasteiger partial charge in [-0.3, -0.25) is 4.79 Å². The lowest BCUT2D eigenvalue weighted by atomic mass is 9.97. The molecule has 1 aromatic carbocycles. The van der Waals surface area contributed by atoms with Crippen LogP contribution in [-0.4, -0.2) is 31.8 Å². The van der Waals surface area contributed by atoms with Crippen LogP contribution in [0.3, 0.4) is 0 Å². The Hall–Kier alpha value is -1.70. The van der Waals surface area contributed by atoms with E-state index < -0.39 is 10.0 Å². The van der Waals surface area contributed by atoms with Gasteiger partial charge >= 0.3 is 0 Å². The van der Waals surface area contributed by atoms with Crippen LogP contribution in [0.1, 0.15) is 54.0 Å². The minimum atomic E-state index is -3.62. The number of hydrogen-bond donors (Lipinski definition) is 1. The molecule has 2 heterocycles. The number of sulfonamides is 1. The number of nitrogens with zero attached hydrogens (tertiary/aromatic N) is 1. The zero-order chi connectivity index (χ0) is 18.9. The molecule has 3 rings (SSSR count). The number of carbonyl (C=O) groups is 1. The van der Waals surface area contributed by atoms with Crippen molar-refractivity contribution < 1.29 is 13.2 Å². The van der Waals surface area contributed by atoms with Crippen molar-refractivity contribution in [3.05, 3.63) is 51.7 Å². The van der Waals surface area contributed by atoms with Gasteiger partial charge in [0.05, 0.1) is 10.9 Å². The Balaban J connectivity index is 1.90. The van der Waals surface area contributed by atoms with E-state index in [0.717, 1.165) is 12.8 Å². The highest BCUT2D eigenvalue weighted by molar-refractivity contribution is 7.89. The first-order chi connectivity index (χ1) is 12.3. The molecule has 7 heteroatoms. The third-order valence-corrected chi connectivity index (χ3v) is 7.18. The zero-order valence-corrected chi connectivity index (χ0v) is 16.9. The number of rotatable bonds is 5. The van der Waals surface area contributed by atoms with Gasteiger partial charge in [-0.15, -0.1) is 11.3 Å². The predicted molar refractivity (Wildman–Crippen MR) is 104 cm³/mol. The normalized spacial score (nSPS) is 17.4. The first-order valence-electron chi connectivity index (χ1n) is 8.83. The molecule has 1 N–H and O–H groups in total. The lowest BCUT2D eigenvalue weighted by molar-refractivity contribution is 0.0657. The molecule has 0 bridgehead atoms. The van der Waals surface area contributed by atoms with E-state index in [2.05, 4.69) is 23.1 Å². The average Bonchev–Trinajstić information content (AvgIpc) is 3.08. The van der Waals surface area contributed by atoms with Crippen LogP contribution in [0.5, 0.6) is 0 Å². The van der Waals surface area contributed by atoms with E-state index in [9.17, 15) is 13.2 Å². The van der Waals surface area contributed by atoms with Crippen LogP contribution in [-0.2, 0) is 16.4 Å². The number of benzene rings is 1. The fraction of sp³-hybridized carbons (Fsp3) is 0.421. The molecule has 0 saturated carbocycles. The van der Waals surface area contributed by atoms with Crippen molar-refractivity contribution in [2.24, 2.45) is 0 Å². The van der Waals surface area contributed by atoms with Gasteiger partial charge < -0.3 is 4.90 Å². The molecule has 0 aliphatic carbocycles. The summed E-state index contributed by atoms with van der Waals surface area (Å²) in [4.78, 5) is 16.5. The Morgan fingerprint density at radius 2 is 2.12 bits per heavy atom. The third-order valence-electron chi connectivity index (χ3n) is 4.52. The first kappa shape index (κ1) is 19.1. The quantitative estimate of drug-likeness (QED) is 0.846. The fourth-order valence-electron chi connectivity index (χ4n) is 3.42. The lowest BCUT2D eigenvalue weighted by Crippen LogP contribution is -2.39. The number of amides is 1. The van der Waals surface area contributed by atoms with E-state index in [1.807, 2.05) is 4.90 Å². The van der Waals surface area contributed by atoms with Gasteiger partial charge in [-0.05, 0) is 61.9 Å². The lowest BCUT2D eigenvalue weighted by Gasteiger charge is -2.35. The second kappa shape index (κ2) is 7.50. The van der Waals surface area contributed by atoms with Crippen LogP contribution in [0.4, 0.5) is 0 Å². The van der Waals surface area contributed by atoms with Crippen molar-refractivity contribution in [3.8, 4) is 0 Å². The fourth-order valence-corrected chi connectivity index (χ4v) is 5.64. The van der Waals surface area contributed by atoms with Gasteiger partial charge in [-0.1, -0.05) is 13.0 Å². The molecule has 1 aromatic heterocycles. The number of nitrogens with one attached hydrogen (secondary N) is 1. The molecular weight excluding hydrogens is 368 g/mol. The molecule has 1 aliphatic heterocycles. The van der Waals surface area contributed by atoms with Crippen LogP contribution in [0.2, 0.25) is 0 Å². The van der Waals surface area contributed by atoms with Gasteiger partial charge in [0.1, 0.15) is 0 Å². The maximum atomic E-state index is 13.1.